The molecule has 3 rings (SSSR count). The van der Waals surface area contributed by atoms with Crippen molar-refractivity contribution in [2.75, 3.05) is 29.5 Å². The summed E-state index contributed by atoms with van der Waals surface area (Å²) in [5.74, 6) is -0.00797. The normalized spacial score (nSPS) is 10.6. The molecule has 2 amide bonds. The monoisotopic (exact) mass is 469 g/mol. The van der Waals surface area contributed by atoms with Crippen molar-refractivity contribution in [2.45, 2.75) is 32.0 Å². The highest BCUT2D eigenvalue weighted by Crippen LogP contribution is 2.28. The van der Waals surface area contributed by atoms with Gasteiger partial charge in [-0.25, -0.2) is 0 Å². The van der Waals surface area contributed by atoms with E-state index in [4.69, 9.17) is 0 Å². The predicted octanol–water partition coefficient (Wildman–Crippen LogP) is 5.11. The Kier molecular flexibility index (Phi) is 8.24. The first-order valence-electron chi connectivity index (χ1n) is 10.4. The van der Waals surface area contributed by atoms with Gasteiger partial charge in [0.2, 0.25) is 11.0 Å². The number of amides is 2. The summed E-state index contributed by atoms with van der Waals surface area (Å²) in [6.07, 6.45) is 0. The molecule has 0 saturated heterocycles. The zero-order chi connectivity index (χ0) is 23.1. The van der Waals surface area contributed by atoms with Crippen molar-refractivity contribution < 1.29 is 9.59 Å². The van der Waals surface area contributed by atoms with E-state index in [9.17, 15) is 9.59 Å². The third-order valence-corrected chi connectivity index (χ3v) is 6.91. The molecule has 2 aromatic carbocycles. The smallest absolute Gasteiger partial charge is 0.253 e. The molecule has 0 saturated carbocycles. The zero-order valence-corrected chi connectivity index (χ0v) is 20.3. The van der Waals surface area contributed by atoms with Gasteiger partial charge in [-0.15, -0.1) is 10.2 Å². The summed E-state index contributed by atoms with van der Waals surface area (Å²) in [4.78, 5) is 26.7. The molecule has 0 aliphatic heterocycles. The van der Waals surface area contributed by atoms with Gasteiger partial charge in [-0.1, -0.05) is 35.2 Å². The maximum Gasteiger partial charge on any atom is 0.253 e. The molecule has 0 atom stereocenters. The predicted molar refractivity (Wildman–Crippen MR) is 132 cm³/mol. The lowest BCUT2D eigenvalue weighted by molar-refractivity contribution is -0.113. The first kappa shape index (κ1) is 23.7. The van der Waals surface area contributed by atoms with Crippen molar-refractivity contribution in [1.82, 2.24) is 15.1 Å². The van der Waals surface area contributed by atoms with E-state index in [1.807, 2.05) is 19.9 Å². The van der Waals surface area contributed by atoms with Crippen LogP contribution in [0.1, 0.15) is 35.3 Å². The Morgan fingerprint density at radius 1 is 1.00 bits per heavy atom. The van der Waals surface area contributed by atoms with Crippen LogP contribution in [0.2, 0.25) is 0 Å². The first-order valence-corrected chi connectivity index (χ1v) is 12.2. The second-order valence-corrected chi connectivity index (χ2v) is 9.39. The lowest BCUT2D eigenvalue weighted by atomic mass is 10.1. The highest BCUT2D eigenvalue weighted by molar-refractivity contribution is 8.01. The molecular weight excluding hydrogens is 442 g/mol. The Morgan fingerprint density at radius 2 is 1.78 bits per heavy atom. The Bertz CT molecular complexity index is 1100. The van der Waals surface area contributed by atoms with Gasteiger partial charge in [-0.2, -0.15) is 0 Å². The minimum Gasteiger partial charge on any atom is -0.339 e. The lowest BCUT2D eigenvalue weighted by Gasteiger charge is -2.19. The zero-order valence-electron chi connectivity index (χ0n) is 18.6. The van der Waals surface area contributed by atoms with E-state index in [2.05, 4.69) is 46.8 Å². The Morgan fingerprint density at radius 3 is 2.50 bits per heavy atom. The van der Waals surface area contributed by atoms with E-state index in [-0.39, 0.29) is 17.6 Å². The first-order chi connectivity index (χ1) is 15.4. The molecule has 9 heteroatoms. The Hall–Kier alpha value is -2.91. The van der Waals surface area contributed by atoms with Crippen LogP contribution in [-0.4, -0.2) is 45.8 Å². The number of carbonyl (C=O) groups is 2. The number of rotatable bonds is 9. The van der Waals surface area contributed by atoms with E-state index in [1.54, 1.807) is 29.2 Å². The topological polar surface area (TPSA) is 87.2 Å². The van der Waals surface area contributed by atoms with Crippen molar-refractivity contribution >= 4 is 51.4 Å². The summed E-state index contributed by atoms with van der Waals surface area (Å²) in [5.41, 5.74) is 4.55. The number of nitrogens with zero attached hydrogens (tertiary/aromatic N) is 3. The van der Waals surface area contributed by atoms with E-state index in [0.717, 1.165) is 5.69 Å². The van der Waals surface area contributed by atoms with Gasteiger partial charge in [0.25, 0.3) is 5.91 Å². The van der Waals surface area contributed by atoms with Crippen LogP contribution in [0.15, 0.2) is 46.8 Å². The van der Waals surface area contributed by atoms with Crippen molar-refractivity contribution in [1.29, 1.82) is 0 Å². The van der Waals surface area contributed by atoms with Crippen molar-refractivity contribution in [3.05, 3.63) is 59.2 Å². The van der Waals surface area contributed by atoms with Crippen LogP contribution >= 0.6 is 23.1 Å². The lowest BCUT2D eigenvalue weighted by Crippen LogP contribution is -2.30. The van der Waals surface area contributed by atoms with Gasteiger partial charge in [0.15, 0.2) is 4.34 Å². The average molecular weight is 470 g/mol. The number of thioether (sulfide) groups is 1. The fourth-order valence-electron chi connectivity index (χ4n) is 3.01. The quantitative estimate of drug-likeness (QED) is 0.424. The second kappa shape index (κ2) is 11.1. The minimum atomic E-state index is -0.165. The summed E-state index contributed by atoms with van der Waals surface area (Å²) >= 11 is 2.73. The molecular formula is C23H27N5O2S2. The van der Waals surface area contributed by atoms with E-state index < -0.39 is 0 Å². The summed E-state index contributed by atoms with van der Waals surface area (Å²) in [7, 11) is 0. The molecule has 0 spiro atoms. The van der Waals surface area contributed by atoms with Crippen molar-refractivity contribution in [3.8, 4) is 0 Å². The molecule has 7 nitrogen and oxygen atoms in total. The van der Waals surface area contributed by atoms with Crippen LogP contribution in [0.5, 0.6) is 0 Å². The number of hydrogen-bond donors (Lipinski definition) is 2. The van der Waals surface area contributed by atoms with Gasteiger partial charge in [-0.3, -0.25) is 9.59 Å². The Balaban J connectivity index is 1.54. The number of aromatic nitrogens is 2. The molecule has 32 heavy (non-hydrogen) atoms. The van der Waals surface area contributed by atoms with Crippen LogP contribution in [-0.2, 0) is 4.79 Å². The maximum absolute atomic E-state index is 12.5. The fraction of sp³-hybridized carbons (Fsp3) is 0.304. The van der Waals surface area contributed by atoms with Gasteiger partial charge in [0, 0.05) is 30.0 Å². The van der Waals surface area contributed by atoms with E-state index in [0.29, 0.717) is 33.8 Å². The molecule has 0 unspecified atom stereocenters. The fourth-order valence-corrected chi connectivity index (χ4v) is 4.58. The number of aryl methyl sites for hydroxylation is 2. The third kappa shape index (κ3) is 6.30. The minimum absolute atomic E-state index is 0.0434. The van der Waals surface area contributed by atoms with Crippen LogP contribution < -0.4 is 10.6 Å². The number of benzene rings is 2. The standard InChI is InChI=1S/C23H27N5O2S2/c1-5-28(6-2)21(30)17-8-7-9-18(13-17)24-20(29)14-31-23-27-26-22(32-23)25-19-11-10-15(3)16(4)12-19/h7-13H,5-6,14H2,1-4H3,(H,24,29)(H,25,26). The number of carbonyl (C=O) groups excluding carboxylic acids is 2. The molecule has 3 aromatic rings. The Labute approximate surface area is 196 Å². The summed E-state index contributed by atoms with van der Waals surface area (Å²) < 4.78 is 0.706. The highest BCUT2D eigenvalue weighted by Gasteiger charge is 2.14. The molecule has 168 valence electrons. The molecule has 0 bridgehead atoms. The third-order valence-electron chi connectivity index (χ3n) is 4.94. The van der Waals surface area contributed by atoms with E-state index >= 15 is 0 Å². The average Bonchev–Trinajstić information content (AvgIpc) is 3.23. The molecule has 0 aliphatic rings. The van der Waals surface area contributed by atoms with Crippen LogP contribution in [0.4, 0.5) is 16.5 Å². The number of anilines is 3. The molecule has 1 heterocycles. The van der Waals surface area contributed by atoms with Gasteiger partial charge >= 0.3 is 0 Å². The van der Waals surface area contributed by atoms with Crippen molar-refractivity contribution in [3.63, 3.8) is 0 Å². The van der Waals surface area contributed by atoms with Crippen LogP contribution in [0.3, 0.4) is 0 Å². The summed E-state index contributed by atoms with van der Waals surface area (Å²) in [6, 6.07) is 13.1. The SMILES string of the molecule is CCN(CC)C(=O)c1cccc(NC(=O)CSc2nnc(Nc3ccc(C)c(C)c3)s2)c1. The largest absolute Gasteiger partial charge is 0.339 e. The highest BCUT2D eigenvalue weighted by atomic mass is 32.2. The molecule has 0 aliphatic carbocycles. The summed E-state index contributed by atoms with van der Waals surface area (Å²) in [6.45, 7) is 9.31. The van der Waals surface area contributed by atoms with Gasteiger partial charge in [-0.05, 0) is 69.2 Å². The number of nitrogens with one attached hydrogen (secondary N) is 2. The molecule has 0 radical (unpaired) electrons. The van der Waals surface area contributed by atoms with Crippen molar-refractivity contribution in [2.24, 2.45) is 0 Å². The van der Waals surface area contributed by atoms with Gasteiger partial charge < -0.3 is 15.5 Å². The maximum atomic E-state index is 12.5. The second-order valence-electron chi connectivity index (χ2n) is 7.19. The van der Waals surface area contributed by atoms with Gasteiger partial charge in [0.05, 0.1) is 5.75 Å². The summed E-state index contributed by atoms with van der Waals surface area (Å²) in [5, 5.41) is 15.1. The van der Waals surface area contributed by atoms with Gasteiger partial charge in [0.1, 0.15) is 0 Å². The van der Waals surface area contributed by atoms with Crippen LogP contribution in [0, 0.1) is 13.8 Å². The molecule has 0 fully saturated rings. The molecule has 1 aromatic heterocycles. The van der Waals surface area contributed by atoms with E-state index in [1.165, 1.54) is 34.2 Å². The van der Waals surface area contributed by atoms with Crippen LogP contribution in [0.25, 0.3) is 0 Å². The number of hydrogen-bond acceptors (Lipinski definition) is 7. The molecule has 2 N–H and O–H groups in total.